The highest BCUT2D eigenvalue weighted by Gasteiger charge is 2.20. The van der Waals surface area contributed by atoms with Gasteiger partial charge in [0.1, 0.15) is 0 Å². The fourth-order valence-corrected chi connectivity index (χ4v) is 2.04. The third kappa shape index (κ3) is 3.31. The fourth-order valence-electron chi connectivity index (χ4n) is 2.04. The SMILES string of the molecule is CC(C)c1cccc(NC(=O)C2CNCCN2)c1. The number of hydrogen-bond donors (Lipinski definition) is 3. The Kier molecular flexibility index (Phi) is 4.33. The Morgan fingerprint density at radius 1 is 1.39 bits per heavy atom. The summed E-state index contributed by atoms with van der Waals surface area (Å²) in [7, 11) is 0. The number of piperazine rings is 1. The van der Waals surface area contributed by atoms with Crippen LogP contribution >= 0.6 is 0 Å². The van der Waals surface area contributed by atoms with Gasteiger partial charge in [-0.15, -0.1) is 0 Å². The highest BCUT2D eigenvalue weighted by Crippen LogP contribution is 2.18. The molecule has 0 aromatic heterocycles. The van der Waals surface area contributed by atoms with Gasteiger partial charge in [-0.05, 0) is 23.6 Å². The molecule has 4 heteroatoms. The van der Waals surface area contributed by atoms with Crippen LogP contribution in [0.4, 0.5) is 5.69 Å². The number of carbonyl (C=O) groups is 1. The maximum Gasteiger partial charge on any atom is 0.242 e. The van der Waals surface area contributed by atoms with Crippen molar-refractivity contribution in [2.45, 2.75) is 25.8 Å². The second kappa shape index (κ2) is 5.98. The molecule has 0 spiro atoms. The van der Waals surface area contributed by atoms with Crippen molar-refractivity contribution in [3.8, 4) is 0 Å². The molecule has 4 nitrogen and oxygen atoms in total. The van der Waals surface area contributed by atoms with Gasteiger partial charge in [0.05, 0.1) is 6.04 Å². The number of amides is 1. The third-order valence-electron chi connectivity index (χ3n) is 3.18. The summed E-state index contributed by atoms with van der Waals surface area (Å²) in [6.45, 7) is 6.74. The Bertz CT molecular complexity index is 411. The van der Waals surface area contributed by atoms with E-state index in [0.29, 0.717) is 12.5 Å². The van der Waals surface area contributed by atoms with Crippen LogP contribution in [0.25, 0.3) is 0 Å². The number of carbonyl (C=O) groups excluding carboxylic acids is 1. The van der Waals surface area contributed by atoms with E-state index in [1.807, 2.05) is 18.2 Å². The molecule has 1 aliphatic heterocycles. The Morgan fingerprint density at radius 3 is 2.89 bits per heavy atom. The van der Waals surface area contributed by atoms with Crippen LogP contribution in [0.15, 0.2) is 24.3 Å². The molecular formula is C14H21N3O. The molecule has 18 heavy (non-hydrogen) atoms. The summed E-state index contributed by atoms with van der Waals surface area (Å²) >= 11 is 0. The van der Waals surface area contributed by atoms with E-state index in [0.717, 1.165) is 18.8 Å². The molecule has 0 bridgehead atoms. The van der Waals surface area contributed by atoms with E-state index >= 15 is 0 Å². The monoisotopic (exact) mass is 247 g/mol. The van der Waals surface area contributed by atoms with Gasteiger partial charge in [0, 0.05) is 25.3 Å². The lowest BCUT2D eigenvalue weighted by molar-refractivity contribution is -0.118. The number of benzene rings is 1. The largest absolute Gasteiger partial charge is 0.325 e. The second-order valence-electron chi connectivity index (χ2n) is 4.98. The zero-order valence-corrected chi connectivity index (χ0v) is 11.0. The molecule has 1 atom stereocenters. The lowest BCUT2D eigenvalue weighted by Gasteiger charge is -2.23. The van der Waals surface area contributed by atoms with Crippen LogP contribution in [-0.4, -0.2) is 31.6 Å². The first-order valence-electron chi connectivity index (χ1n) is 6.52. The van der Waals surface area contributed by atoms with Crippen LogP contribution < -0.4 is 16.0 Å². The molecule has 1 amide bonds. The maximum atomic E-state index is 12.0. The molecule has 0 saturated carbocycles. The number of anilines is 1. The first kappa shape index (κ1) is 13.1. The summed E-state index contributed by atoms with van der Waals surface area (Å²) in [6, 6.07) is 7.90. The minimum absolute atomic E-state index is 0.0307. The van der Waals surface area contributed by atoms with Crippen LogP contribution in [-0.2, 0) is 4.79 Å². The predicted molar refractivity (Wildman–Crippen MR) is 73.8 cm³/mol. The van der Waals surface area contributed by atoms with Crippen molar-refractivity contribution in [2.24, 2.45) is 0 Å². The highest BCUT2D eigenvalue weighted by atomic mass is 16.2. The Labute approximate surface area is 108 Å². The van der Waals surface area contributed by atoms with Gasteiger partial charge in [-0.2, -0.15) is 0 Å². The van der Waals surface area contributed by atoms with Gasteiger partial charge < -0.3 is 16.0 Å². The summed E-state index contributed by atoms with van der Waals surface area (Å²) in [5.74, 6) is 0.499. The van der Waals surface area contributed by atoms with Crippen molar-refractivity contribution in [1.29, 1.82) is 0 Å². The minimum Gasteiger partial charge on any atom is -0.325 e. The summed E-state index contributed by atoms with van der Waals surface area (Å²) in [5, 5.41) is 9.38. The molecule has 1 saturated heterocycles. The summed E-state index contributed by atoms with van der Waals surface area (Å²) in [4.78, 5) is 12.0. The van der Waals surface area contributed by atoms with Crippen LogP contribution in [0.5, 0.6) is 0 Å². The van der Waals surface area contributed by atoms with E-state index in [2.05, 4.69) is 35.9 Å². The van der Waals surface area contributed by atoms with E-state index in [9.17, 15) is 4.79 Å². The van der Waals surface area contributed by atoms with Crippen molar-refractivity contribution >= 4 is 11.6 Å². The molecule has 1 aromatic rings. The first-order chi connectivity index (χ1) is 8.66. The second-order valence-corrected chi connectivity index (χ2v) is 4.98. The lowest BCUT2D eigenvalue weighted by Crippen LogP contribution is -2.54. The average Bonchev–Trinajstić information content (AvgIpc) is 2.40. The molecule has 0 aliphatic carbocycles. The summed E-state index contributed by atoms with van der Waals surface area (Å²) in [5.41, 5.74) is 2.11. The lowest BCUT2D eigenvalue weighted by atomic mass is 10.0. The summed E-state index contributed by atoms with van der Waals surface area (Å²) < 4.78 is 0. The van der Waals surface area contributed by atoms with E-state index in [1.165, 1.54) is 5.56 Å². The molecule has 1 unspecified atom stereocenters. The van der Waals surface area contributed by atoms with Crippen LogP contribution in [0.2, 0.25) is 0 Å². The molecule has 0 radical (unpaired) electrons. The third-order valence-corrected chi connectivity index (χ3v) is 3.18. The van der Waals surface area contributed by atoms with Gasteiger partial charge in [0.2, 0.25) is 5.91 Å². The normalized spacial score (nSPS) is 19.8. The topological polar surface area (TPSA) is 53.2 Å². The predicted octanol–water partition coefficient (Wildman–Crippen LogP) is 1.31. The number of hydrogen-bond acceptors (Lipinski definition) is 3. The molecular weight excluding hydrogens is 226 g/mol. The van der Waals surface area contributed by atoms with Gasteiger partial charge in [0.25, 0.3) is 0 Å². The quantitative estimate of drug-likeness (QED) is 0.755. The van der Waals surface area contributed by atoms with Gasteiger partial charge >= 0.3 is 0 Å². The number of nitrogens with one attached hydrogen (secondary N) is 3. The van der Waals surface area contributed by atoms with Crippen molar-refractivity contribution in [3.05, 3.63) is 29.8 Å². The van der Waals surface area contributed by atoms with E-state index in [-0.39, 0.29) is 11.9 Å². The molecule has 1 fully saturated rings. The molecule has 1 aliphatic rings. The zero-order chi connectivity index (χ0) is 13.0. The van der Waals surface area contributed by atoms with Crippen LogP contribution in [0.3, 0.4) is 0 Å². The molecule has 1 heterocycles. The van der Waals surface area contributed by atoms with E-state index < -0.39 is 0 Å². The zero-order valence-electron chi connectivity index (χ0n) is 11.0. The van der Waals surface area contributed by atoms with E-state index in [4.69, 9.17) is 0 Å². The van der Waals surface area contributed by atoms with Crippen molar-refractivity contribution in [2.75, 3.05) is 25.0 Å². The average molecular weight is 247 g/mol. The molecule has 98 valence electrons. The molecule has 1 aromatic carbocycles. The van der Waals surface area contributed by atoms with Crippen LogP contribution in [0.1, 0.15) is 25.3 Å². The Hall–Kier alpha value is -1.39. The van der Waals surface area contributed by atoms with Crippen LogP contribution in [0, 0.1) is 0 Å². The van der Waals surface area contributed by atoms with Crippen molar-refractivity contribution < 1.29 is 4.79 Å². The molecule has 3 N–H and O–H groups in total. The van der Waals surface area contributed by atoms with Gasteiger partial charge in [0.15, 0.2) is 0 Å². The van der Waals surface area contributed by atoms with E-state index in [1.54, 1.807) is 0 Å². The standard InChI is InChI=1S/C14H21N3O/c1-10(2)11-4-3-5-12(8-11)17-14(18)13-9-15-6-7-16-13/h3-5,8,10,13,15-16H,6-7,9H2,1-2H3,(H,17,18). The smallest absolute Gasteiger partial charge is 0.242 e. The van der Waals surface area contributed by atoms with Gasteiger partial charge in [-0.1, -0.05) is 26.0 Å². The summed E-state index contributed by atoms with van der Waals surface area (Å²) in [6.07, 6.45) is 0. The fraction of sp³-hybridized carbons (Fsp3) is 0.500. The maximum absolute atomic E-state index is 12.0. The molecule has 2 rings (SSSR count). The van der Waals surface area contributed by atoms with Gasteiger partial charge in [-0.25, -0.2) is 0 Å². The van der Waals surface area contributed by atoms with Crippen molar-refractivity contribution in [1.82, 2.24) is 10.6 Å². The van der Waals surface area contributed by atoms with Crippen molar-refractivity contribution in [3.63, 3.8) is 0 Å². The minimum atomic E-state index is -0.138. The Balaban J connectivity index is 1.99. The highest BCUT2D eigenvalue weighted by molar-refractivity contribution is 5.95. The number of rotatable bonds is 3. The first-order valence-corrected chi connectivity index (χ1v) is 6.52. The van der Waals surface area contributed by atoms with Gasteiger partial charge in [-0.3, -0.25) is 4.79 Å². The Morgan fingerprint density at radius 2 is 2.22 bits per heavy atom.